The van der Waals surface area contributed by atoms with Crippen LogP contribution in [0.3, 0.4) is 0 Å². The van der Waals surface area contributed by atoms with E-state index < -0.39 is 16.7 Å². The minimum absolute atomic E-state index is 0.0140. The smallest absolute Gasteiger partial charge is 0.270 e. The summed E-state index contributed by atoms with van der Waals surface area (Å²) in [6.07, 6.45) is 0.599. The summed E-state index contributed by atoms with van der Waals surface area (Å²) in [4.78, 5) is 40.0. The number of benzene rings is 1. The Hall–Kier alpha value is -3.10. The zero-order chi connectivity index (χ0) is 17.4. The Bertz CT molecular complexity index is 842. The molecule has 1 aromatic carbocycles. The molecule has 1 aliphatic heterocycles. The Morgan fingerprint density at radius 1 is 1.25 bits per heavy atom. The van der Waals surface area contributed by atoms with Gasteiger partial charge in [-0.1, -0.05) is 19.0 Å². The number of carbonyl (C=O) groups is 2. The fourth-order valence-electron chi connectivity index (χ4n) is 2.46. The van der Waals surface area contributed by atoms with Crippen LogP contribution in [0.2, 0.25) is 0 Å². The normalized spacial score (nSPS) is 13.7. The zero-order valence-electron chi connectivity index (χ0n) is 13.1. The molecule has 0 unspecified atom stereocenters. The van der Waals surface area contributed by atoms with Crippen molar-refractivity contribution in [3.05, 3.63) is 51.2 Å². The molecule has 3 rings (SSSR count). The van der Waals surface area contributed by atoms with Gasteiger partial charge in [-0.2, -0.15) is 4.98 Å². The molecule has 124 valence electrons. The Morgan fingerprint density at radius 3 is 2.62 bits per heavy atom. The van der Waals surface area contributed by atoms with Crippen molar-refractivity contribution in [3.63, 3.8) is 0 Å². The van der Waals surface area contributed by atoms with Crippen LogP contribution in [-0.2, 0) is 13.0 Å². The highest BCUT2D eigenvalue weighted by Gasteiger charge is 2.37. The molecule has 24 heavy (non-hydrogen) atoms. The molecule has 0 bridgehead atoms. The molecule has 9 nitrogen and oxygen atoms in total. The van der Waals surface area contributed by atoms with Gasteiger partial charge in [-0.05, 0) is 12.0 Å². The van der Waals surface area contributed by atoms with Crippen molar-refractivity contribution in [2.75, 3.05) is 0 Å². The van der Waals surface area contributed by atoms with Crippen LogP contribution in [0.5, 0.6) is 0 Å². The molecule has 2 heterocycles. The van der Waals surface area contributed by atoms with Crippen LogP contribution in [-0.4, -0.2) is 31.8 Å². The van der Waals surface area contributed by atoms with E-state index >= 15 is 0 Å². The van der Waals surface area contributed by atoms with Gasteiger partial charge in [0.05, 0.1) is 22.6 Å². The number of nitrogens with zero attached hydrogens (tertiary/aromatic N) is 4. The van der Waals surface area contributed by atoms with Gasteiger partial charge in [0.2, 0.25) is 5.89 Å². The summed E-state index contributed by atoms with van der Waals surface area (Å²) in [6.45, 7) is 3.86. The van der Waals surface area contributed by atoms with Crippen LogP contribution < -0.4 is 0 Å². The molecular weight excluding hydrogens is 316 g/mol. The van der Waals surface area contributed by atoms with Gasteiger partial charge in [-0.3, -0.25) is 24.6 Å². The lowest BCUT2D eigenvalue weighted by Crippen LogP contribution is -2.29. The van der Waals surface area contributed by atoms with Crippen LogP contribution in [0.25, 0.3) is 0 Å². The van der Waals surface area contributed by atoms with Crippen LogP contribution in [0.15, 0.2) is 22.7 Å². The molecule has 0 spiro atoms. The average molecular weight is 330 g/mol. The highest BCUT2D eigenvalue weighted by molar-refractivity contribution is 6.21. The van der Waals surface area contributed by atoms with Crippen LogP contribution >= 0.6 is 0 Å². The predicted octanol–water partition coefficient (Wildman–Crippen LogP) is 1.97. The van der Waals surface area contributed by atoms with Crippen LogP contribution in [0.4, 0.5) is 5.69 Å². The first kappa shape index (κ1) is 15.8. The Morgan fingerprint density at radius 2 is 1.96 bits per heavy atom. The number of nitro benzene ring substituents is 1. The number of imide groups is 1. The van der Waals surface area contributed by atoms with Gasteiger partial charge in [0.15, 0.2) is 5.82 Å². The van der Waals surface area contributed by atoms with E-state index in [0.29, 0.717) is 18.2 Å². The van der Waals surface area contributed by atoms with E-state index in [9.17, 15) is 19.7 Å². The standard InChI is InChI=1S/C15H14N4O5/c1-8(2)5-13-16-12(17-24-13)7-18-14(20)10-4-3-9(19(22)23)6-11(10)15(18)21/h3-4,6,8H,5,7H2,1-2H3. The minimum Gasteiger partial charge on any atom is -0.339 e. The predicted molar refractivity (Wildman–Crippen MR) is 80.1 cm³/mol. The van der Waals surface area contributed by atoms with E-state index in [2.05, 4.69) is 10.1 Å². The first-order valence-electron chi connectivity index (χ1n) is 7.33. The van der Waals surface area contributed by atoms with Crippen molar-refractivity contribution in [1.29, 1.82) is 0 Å². The quantitative estimate of drug-likeness (QED) is 0.467. The molecule has 0 N–H and O–H groups in total. The molecule has 9 heteroatoms. The number of aromatic nitrogens is 2. The van der Waals surface area contributed by atoms with Gasteiger partial charge >= 0.3 is 0 Å². The maximum atomic E-state index is 12.4. The molecular formula is C15H14N4O5. The summed E-state index contributed by atoms with van der Waals surface area (Å²) < 4.78 is 5.08. The lowest BCUT2D eigenvalue weighted by molar-refractivity contribution is -0.384. The summed E-state index contributed by atoms with van der Waals surface area (Å²) in [6, 6.07) is 3.59. The molecule has 2 amide bonds. The number of non-ortho nitro benzene ring substituents is 1. The molecule has 0 saturated carbocycles. The van der Waals surface area contributed by atoms with Crippen molar-refractivity contribution >= 4 is 17.5 Å². The summed E-state index contributed by atoms with van der Waals surface area (Å²) in [5, 5.41) is 14.6. The van der Waals surface area contributed by atoms with Crippen LogP contribution in [0.1, 0.15) is 46.3 Å². The summed E-state index contributed by atoms with van der Waals surface area (Å²) in [7, 11) is 0. The van der Waals surface area contributed by atoms with Crippen molar-refractivity contribution in [2.24, 2.45) is 5.92 Å². The summed E-state index contributed by atoms with van der Waals surface area (Å²) in [5.41, 5.74) is -0.0906. The maximum Gasteiger partial charge on any atom is 0.270 e. The Labute approximate surface area is 136 Å². The van der Waals surface area contributed by atoms with E-state index in [4.69, 9.17) is 4.52 Å². The highest BCUT2D eigenvalue weighted by atomic mass is 16.6. The number of hydrogen-bond donors (Lipinski definition) is 0. The number of rotatable bonds is 5. The molecule has 0 aliphatic carbocycles. The first-order chi connectivity index (χ1) is 11.4. The maximum absolute atomic E-state index is 12.4. The number of carbonyl (C=O) groups excluding carboxylic acids is 2. The number of amides is 2. The third kappa shape index (κ3) is 2.75. The summed E-state index contributed by atoms with van der Waals surface area (Å²) >= 11 is 0. The summed E-state index contributed by atoms with van der Waals surface area (Å²) in [5.74, 6) is -0.144. The van der Waals surface area contributed by atoms with E-state index in [-0.39, 0.29) is 29.2 Å². The fourth-order valence-corrected chi connectivity index (χ4v) is 2.46. The number of fused-ring (bicyclic) bond motifs is 1. The van der Waals surface area contributed by atoms with Gasteiger partial charge in [-0.25, -0.2) is 0 Å². The van der Waals surface area contributed by atoms with E-state index in [1.54, 1.807) is 0 Å². The molecule has 0 fully saturated rings. The Balaban J connectivity index is 1.83. The van der Waals surface area contributed by atoms with Gasteiger partial charge < -0.3 is 4.52 Å². The van der Waals surface area contributed by atoms with Crippen LogP contribution in [0, 0.1) is 16.0 Å². The molecule has 0 saturated heterocycles. The van der Waals surface area contributed by atoms with Gasteiger partial charge in [0.1, 0.15) is 0 Å². The van der Waals surface area contributed by atoms with Crippen molar-refractivity contribution in [2.45, 2.75) is 26.8 Å². The molecule has 2 aromatic rings. The van der Waals surface area contributed by atoms with E-state index in [0.717, 1.165) is 11.0 Å². The van der Waals surface area contributed by atoms with Gasteiger partial charge in [0.25, 0.3) is 17.5 Å². The van der Waals surface area contributed by atoms with Gasteiger partial charge in [-0.15, -0.1) is 0 Å². The zero-order valence-corrected chi connectivity index (χ0v) is 13.1. The largest absolute Gasteiger partial charge is 0.339 e. The van der Waals surface area contributed by atoms with Crippen molar-refractivity contribution < 1.29 is 19.0 Å². The molecule has 1 aromatic heterocycles. The third-order valence-corrected chi connectivity index (χ3v) is 3.56. The average Bonchev–Trinajstić information content (AvgIpc) is 3.05. The first-order valence-corrected chi connectivity index (χ1v) is 7.33. The third-order valence-electron chi connectivity index (χ3n) is 3.56. The second kappa shape index (κ2) is 5.84. The number of nitro groups is 1. The lowest BCUT2D eigenvalue weighted by Gasteiger charge is -2.10. The van der Waals surface area contributed by atoms with E-state index in [1.807, 2.05) is 13.8 Å². The van der Waals surface area contributed by atoms with Gasteiger partial charge in [0, 0.05) is 18.6 Å². The Kier molecular flexibility index (Phi) is 3.84. The number of hydrogen-bond acceptors (Lipinski definition) is 7. The molecule has 0 atom stereocenters. The topological polar surface area (TPSA) is 119 Å². The minimum atomic E-state index is -0.613. The van der Waals surface area contributed by atoms with Crippen molar-refractivity contribution in [3.8, 4) is 0 Å². The lowest BCUT2D eigenvalue weighted by atomic mass is 10.1. The fraction of sp³-hybridized carbons (Fsp3) is 0.333. The van der Waals surface area contributed by atoms with Crippen molar-refractivity contribution in [1.82, 2.24) is 15.0 Å². The highest BCUT2D eigenvalue weighted by Crippen LogP contribution is 2.27. The molecule has 1 aliphatic rings. The van der Waals surface area contributed by atoms with E-state index in [1.165, 1.54) is 12.1 Å². The monoisotopic (exact) mass is 330 g/mol. The molecule has 0 radical (unpaired) electrons. The second-order valence-corrected chi connectivity index (χ2v) is 5.89. The SMILES string of the molecule is CC(C)Cc1nc(CN2C(=O)c3ccc([N+](=O)[O-])cc3C2=O)no1. The second-order valence-electron chi connectivity index (χ2n) is 5.89.